The molecule has 2 N–H and O–H groups in total. The molecule has 0 aliphatic heterocycles. The lowest BCUT2D eigenvalue weighted by molar-refractivity contribution is -0.114. The summed E-state index contributed by atoms with van der Waals surface area (Å²) in [5.41, 5.74) is 5.18. The Hall–Kier alpha value is -3.09. The summed E-state index contributed by atoms with van der Waals surface area (Å²) in [6, 6.07) is 16.7. The van der Waals surface area contributed by atoms with Gasteiger partial charge in [0.15, 0.2) is 15.3 Å². The highest BCUT2D eigenvalue weighted by atomic mass is 35.5. The fourth-order valence-electron chi connectivity index (χ4n) is 3.98. The van der Waals surface area contributed by atoms with E-state index in [1.54, 1.807) is 22.8 Å². The number of nitrogens with zero attached hydrogens (tertiary/aromatic N) is 4. The van der Waals surface area contributed by atoms with E-state index >= 15 is 0 Å². The second-order valence-corrected chi connectivity index (χ2v) is 13.2. The third-order valence-corrected chi connectivity index (χ3v) is 9.70. The van der Waals surface area contributed by atoms with Crippen LogP contribution in [0.3, 0.4) is 0 Å². The van der Waals surface area contributed by atoms with Crippen molar-refractivity contribution in [3.63, 3.8) is 0 Å². The van der Waals surface area contributed by atoms with Gasteiger partial charge in [0.05, 0.1) is 26.7 Å². The first-order valence-corrected chi connectivity index (χ1v) is 15.9. The predicted molar refractivity (Wildman–Crippen MR) is 171 cm³/mol. The highest BCUT2D eigenvalue weighted by molar-refractivity contribution is 8.01. The molecule has 2 amide bonds. The lowest BCUT2D eigenvalue weighted by Crippen LogP contribution is -2.14. The Morgan fingerprint density at radius 2 is 1.71 bits per heavy atom. The standard InChI is InChI=1S/C28H24Cl2N6O2S3/c1-15-4-8-21(16(2)10-15)32-25(38)14-40-28-33-22-9-6-18(12-23(22)41-28)31-24(37)13-39-27-35-34-26(36(27)3)19-7-5-17(29)11-20(19)30/h4-12H,13-14H2,1-3H3,(H,31,37)(H,32,38). The van der Waals surface area contributed by atoms with Gasteiger partial charge in [-0.1, -0.05) is 64.4 Å². The summed E-state index contributed by atoms with van der Waals surface area (Å²) in [6.07, 6.45) is 0. The van der Waals surface area contributed by atoms with Gasteiger partial charge in [0.1, 0.15) is 0 Å². The Morgan fingerprint density at radius 3 is 2.49 bits per heavy atom. The smallest absolute Gasteiger partial charge is 0.234 e. The van der Waals surface area contributed by atoms with E-state index < -0.39 is 0 Å². The minimum Gasteiger partial charge on any atom is -0.325 e. The summed E-state index contributed by atoms with van der Waals surface area (Å²) >= 11 is 16.5. The van der Waals surface area contributed by atoms with Crippen LogP contribution in [0.5, 0.6) is 0 Å². The predicted octanol–water partition coefficient (Wildman–Crippen LogP) is 7.48. The number of rotatable bonds is 9. The molecule has 0 aliphatic rings. The van der Waals surface area contributed by atoms with Crippen molar-refractivity contribution in [3.8, 4) is 11.4 Å². The molecular formula is C28H24Cl2N6O2S3. The summed E-state index contributed by atoms with van der Waals surface area (Å²) in [4.78, 5) is 29.8. The van der Waals surface area contributed by atoms with Crippen LogP contribution >= 0.6 is 58.1 Å². The highest BCUT2D eigenvalue weighted by Gasteiger charge is 2.16. The first-order valence-electron chi connectivity index (χ1n) is 12.3. The van der Waals surface area contributed by atoms with Crippen LogP contribution < -0.4 is 10.6 Å². The molecule has 8 nitrogen and oxygen atoms in total. The molecule has 0 spiro atoms. The van der Waals surface area contributed by atoms with Gasteiger partial charge in [0.25, 0.3) is 0 Å². The van der Waals surface area contributed by atoms with E-state index in [-0.39, 0.29) is 23.3 Å². The molecule has 0 radical (unpaired) electrons. The number of carbonyl (C=O) groups excluding carboxylic acids is 2. The van der Waals surface area contributed by atoms with Gasteiger partial charge in [-0.05, 0) is 61.9 Å². The van der Waals surface area contributed by atoms with E-state index in [9.17, 15) is 9.59 Å². The summed E-state index contributed by atoms with van der Waals surface area (Å²) in [5, 5.41) is 15.9. The number of anilines is 2. The zero-order valence-corrected chi connectivity index (χ0v) is 26.2. The number of carbonyl (C=O) groups is 2. The normalized spacial score (nSPS) is 11.1. The van der Waals surface area contributed by atoms with Crippen molar-refractivity contribution in [2.75, 3.05) is 22.1 Å². The number of nitrogens with one attached hydrogen (secondary N) is 2. The number of benzene rings is 3. The average Bonchev–Trinajstić information content (AvgIpc) is 3.50. The van der Waals surface area contributed by atoms with Crippen LogP contribution in [0.1, 0.15) is 11.1 Å². The SMILES string of the molecule is Cc1ccc(NC(=O)CSc2nc3ccc(NC(=O)CSc4nnc(-c5ccc(Cl)cc5Cl)n4C)cc3s2)c(C)c1. The molecule has 0 unspecified atom stereocenters. The van der Waals surface area contributed by atoms with Gasteiger partial charge >= 0.3 is 0 Å². The zero-order chi connectivity index (χ0) is 29.1. The monoisotopic (exact) mass is 642 g/mol. The number of hydrogen-bond donors (Lipinski definition) is 2. The Balaban J connectivity index is 1.15. The van der Waals surface area contributed by atoms with E-state index in [0.717, 1.165) is 31.4 Å². The number of hydrogen-bond acceptors (Lipinski definition) is 8. The molecule has 5 rings (SSSR count). The molecule has 2 heterocycles. The van der Waals surface area contributed by atoms with Gasteiger partial charge in [-0.25, -0.2) is 4.98 Å². The van der Waals surface area contributed by atoms with Crippen LogP contribution in [0, 0.1) is 13.8 Å². The maximum Gasteiger partial charge on any atom is 0.234 e. The Kier molecular flexibility index (Phi) is 9.20. The highest BCUT2D eigenvalue weighted by Crippen LogP contribution is 2.33. The quantitative estimate of drug-likeness (QED) is 0.161. The lowest BCUT2D eigenvalue weighted by atomic mass is 10.1. The minimum absolute atomic E-state index is 0.0852. The number of amides is 2. The third kappa shape index (κ3) is 7.22. The molecule has 2 aromatic heterocycles. The maximum atomic E-state index is 12.7. The zero-order valence-electron chi connectivity index (χ0n) is 22.2. The van der Waals surface area contributed by atoms with Crippen LogP contribution in [0.2, 0.25) is 10.0 Å². The van der Waals surface area contributed by atoms with Crippen LogP contribution in [-0.4, -0.2) is 43.1 Å². The fraction of sp³-hybridized carbons (Fsp3) is 0.179. The number of thioether (sulfide) groups is 2. The fourth-order valence-corrected chi connectivity index (χ4v) is 7.10. The van der Waals surface area contributed by atoms with E-state index in [1.165, 1.54) is 34.9 Å². The third-order valence-electron chi connectivity index (χ3n) is 5.97. The summed E-state index contributed by atoms with van der Waals surface area (Å²) < 4.78 is 3.50. The number of fused-ring (bicyclic) bond motifs is 1. The van der Waals surface area contributed by atoms with Crippen molar-refractivity contribution >= 4 is 91.5 Å². The second kappa shape index (κ2) is 12.8. The van der Waals surface area contributed by atoms with Crippen LogP contribution in [0.4, 0.5) is 11.4 Å². The molecule has 0 fully saturated rings. The number of aromatic nitrogens is 4. The molecule has 0 atom stereocenters. The van der Waals surface area contributed by atoms with E-state index in [2.05, 4.69) is 25.8 Å². The average molecular weight is 644 g/mol. The lowest BCUT2D eigenvalue weighted by Gasteiger charge is -2.08. The Morgan fingerprint density at radius 1 is 0.927 bits per heavy atom. The molecule has 41 heavy (non-hydrogen) atoms. The van der Waals surface area contributed by atoms with E-state index in [4.69, 9.17) is 23.2 Å². The van der Waals surface area contributed by atoms with Gasteiger partial charge in [0, 0.05) is 29.0 Å². The minimum atomic E-state index is -0.175. The summed E-state index contributed by atoms with van der Waals surface area (Å²) in [7, 11) is 1.82. The van der Waals surface area contributed by atoms with Crippen LogP contribution in [-0.2, 0) is 16.6 Å². The molecule has 3 aromatic carbocycles. The number of halogens is 2. The molecule has 0 aliphatic carbocycles. The van der Waals surface area contributed by atoms with Crippen LogP contribution in [0.15, 0.2) is 64.1 Å². The molecule has 210 valence electrons. The maximum absolute atomic E-state index is 12.7. The van der Waals surface area contributed by atoms with Gasteiger partial charge in [0.2, 0.25) is 11.8 Å². The van der Waals surface area contributed by atoms with Crippen molar-refractivity contribution in [2.45, 2.75) is 23.3 Å². The number of thiazole rings is 1. The van der Waals surface area contributed by atoms with Crippen molar-refractivity contribution in [1.82, 2.24) is 19.7 Å². The molecule has 0 saturated heterocycles. The summed E-state index contributed by atoms with van der Waals surface area (Å²) in [5.74, 6) is 0.727. The molecule has 0 saturated carbocycles. The van der Waals surface area contributed by atoms with Crippen molar-refractivity contribution in [2.24, 2.45) is 7.05 Å². The topological polar surface area (TPSA) is 102 Å². The Bertz CT molecular complexity index is 1770. The van der Waals surface area contributed by atoms with Gasteiger partial charge in [-0.15, -0.1) is 21.5 Å². The van der Waals surface area contributed by atoms with Gasteiger partial charge in [-0.3, -0.25) is 9.59 Å². The van der Waals surface area contributed by atoms with Crippen molar-refractivity contribution in [3.05, 3.63) is 75.8 Å². The number of aryl methyl sites for hydroxylation is 2. The van der Waals surface area contributed by atoms with Crippen molar-refractivity contribution in [1.29, 1.82) is 0 Å². The van der Waals surface area contributed by atoms with Gasteiger partial charge in [-0.2, -0.15) is 0 Å². The molecule has 0 bridgehead atoms. The first-order chi connectivity index (χ1) is 19.7. The van der Waals surface area contributed by atoms with Crippen LogP contribution in [0.25, 0.3) is 21.6 Å². The summed E-state index contributed by atoms with van der Waals surface area (Å²) in [6.45, 7) is 4.00. The molecule has 5 aromatic rings. The van der Waals surface area contributed by atoms with E-state index in [0.29, 0.717) is 32.3 Å². The van der Waals surface area contributed by atoms with E-state index in [1.807, 2.05) is 57.3 Å². The molecular weight excluding hydrogens is 619 g/mol. The largest absolute Gasteiger partial charge is 0.325 e. The second-order valence-electron chi connectivity index (χ2n) is 9.14. The van der Waals surface area contributed by atoms with Gasteiger partial charge < -0.3 is 15.2 Å². The molecule has 13 heteroatoms. The first kappa shape index (κ1) is 29.4. The Labute approximate surface area is 259 Å². The van der Waals surface area contributed by atoms with Crippen molar-refractivity contribution < 1.29 is 9.59 Å².